The van der Waals surface area contributed by atoms with Crippen molar-refractivity contribution in [2.24, 2.45) is 5.41 Å². The van der Waals surface area contributed by atoms with E-state index < -0.39 is 0 Å². The first-order valence-electron chi connectivity index (χ1n) is 7.64. The molecule has 2 aromatic heterocycles. The van der Waals surface area contributed by atoms with Gasteiger partial charge in [0.05, 0.1) is 11.9 Å². The highest BCUT2D eigenvalue weighted by atomic mass is 32.1. The van der Waals surface area contributed by atoms with Crippen LogP contribution in [0.5, 0.6) is 0 Å². The molecule has 0 atom stereocenters. The quantitative estimate of drug-likeness (QED) is 0.940. The smallest absolute Gasteiger partial charge is 0.146 e. The van der Waals surface area contributed by atoms with Crippen molar-refractivity contribution in [1.82, 2.24) is 14.9 Å². The summed E-state index contributed by atoms with van der Waals surface area (Å²) in [5.74, 6) is 1.45. The molecule has 114 valence electrons. The standard InChI is InChI=1S/C16H24N4S/c1-16(2)7-4-11(5-8-16)20(3)10-13-18-14(17)12-6-9-21-15(12)19-13/h6,9,11H,4-5,7-8,10H2,1-3H3,(H2,17,18,19). The first kappa shape index (κ1) is 14.7. The average molecular weight is 304 g/mol. The molecule has 0 amide bonds. The van der Waals surface area contributed by atoms with E-state index in [1.165, 1.54) is 25.7 Å². The third kappa shape index (κ3) is 3.19. The Morgan fingerprint density at radius 2 is 2.05 bits per heavy atom. The van der Waals surface area contributed by atoms with Gasteiger partial charge in [0.15, 0.2) is 0 Å². The van der Waals surface area contributed by atoms with Crippen LogP contribution in [0.4, 0.5) is 5.82 Å². The molecule has 1 saturated carbocycles. The van der Waals surface area contributed by atoms with Crippen LogP contribution in [-0.4, -0.2) is 28.0 Å². The third-order valence-corrected chi connectivity index (χ3v) is 5.53. The lowest BCUT2D eigenvalue weighted by Gasteiger charge is -2.38. The van der Waals surface area contributed by atoms with Crippen molar-refractivity contribution in [3.8, 4) is 0 Å². The molecule has 0 radical (unpaired) electrons. The molecule has 0 unspecified atom stereocenters. The van der Waals surface area contributed by atoms with Crippen molar-refractivity contribution < 1.29 is 0 Å². The van der Waals surface area contributed by atoms with Gasteiger partial charge in [-0.3, -0.25) is 4.90 Å². The largest absolute Gasteiger partial charge is 0.383 e. The zero-order valence-electron chi connectivity index (χ0n) is 13.1. The van der Waals surface area contributed by atoms with Gasteiger partial charge < -0.3 is 5.73 Å². The molecule has 0 saturated heterocycles. The Bertz CT molecular complexity index is 624. The monoisotopic (exact) mass is 304 g/mol. The van der Waals surface area contributed by atoms with Crippen molar-refractivity contribution in [2.75, 3.05) is 12.8 Å². The van der Waals surface area contributed by atoms with Gasteiger partial charge >= 0.3 is 0 Å². The molecule has 3 rings (SSSR count). The predicted octanol–water partition coefficient (Wildman–Crippen LogP) is 3.67. The van der Waals surface area contributed by atoms with E-state index in [4.69, 9.17) is 5.73 Å². The van der Waals surface area contributed by atoms with Crippen molar-refractivity contribution in [2.45, 2.75) is 52.1 Å². The summed E-state index contributed by atoms with van der Waals surface area (Å²) in [6.07, 6.45) is 5.13. The fourth-order valence-corrected chi connectivity index (χ4v) is 3.96. The van der Waals surface area contributed by atoms with E-state index in [0.717, 1.165) is 22.6 Å². The Hall–Kier alpha value is -1.20. The van der Waals surface area contributed by atoms with E-state index in [1.807, 2.05) is 11.4 Å². The summed E-state index contributed by atoms with van der Waals surface area (Å²) in [4.78, 5) is 12.5. The van der Waals surface area contributed by atoms with Crippen molar-refractivity contribution in [1.29, 1.82) is 0 Å². The summed E-state index contributed by atoms with van der Waals surface area (Å²) >= 11 is 1.63. The molecule has 4 nitrogen and oxygen atoms in total. The molecule has 1 aliphatic rings. The number of thiophene rings is 1. The first-order valence-corrected chi connectivity index (χ1v) is 8.52. The van der Waals surface area contributed by atoms with Gasteiger partial charge in [0.1, 0.15) is 16.5 Å². The molecule has 1 aliphatic carbocycles. The van der Waals surface area contributed by atoms with Gasteiger partial charge in [-0.1, -0.05) is 13.8 Å². The molecule has 2 N–H and O–H groups in total. The Kier molecular flexibility index (Phi) is 3.88. The number of hydrogen-bond acceptors (Lipinski definition) is 5. The number of nitrogen functional groups attached to an aromatic ring is 1. The third-order valence-electron chi connectivity index (χ3n) is 4.72. The molecule has 0 aliphatic heterocycles. The number of nitrogens with two attached hydrogens (primary N) is 1. The molecule has 2 aromatic rings. The lowest BCUT2D eigenvalue weighted by atomic mass is 9.75. The van der Waals surface area contributed by atoms with Crippen LogP contribution in [0.3, 0.4) is 0 Å². The van der Waals surface area contributed by atoms with Crippen molar-refractivity contribution >= 4 is 27.4 Å². The van der Waals surface area contributed by atoms with Crippen LogP contribution in [0.2, 0.25) is 0 Å². The second-order valence-corrected chi connectivity index (χ2v) is 7.87. The van der Waals surface area contributed by atoms with Gasteiger partial charge in [0.25, 0.3) is 0 Å². The summed E-state index contributed by atoms with van der Waals surface area (Å²) < 4.78 is 0. The molecule has 2 heterocycles. The Morgan fingerprint density at radius 3 is 2.76 bits per heavy atom. The predicted molar refractivity (Wildman–Crippen MR) is 89.3 cm³/mol. The average Bonchev–Trinajstić information content (AvgIpc) is 2.87. The summed E-state index contributed by atoms with van der Waals surface area (Å²) in [5, 5.41) is 3.00. The van der Waals surface area contributed by atoms with Crippen LogP contribution < -0.4 is 5.73 Å². The van der Waals surface area contributed by atoms with Gasteiger partial charge in [-0.05, 0) is 49.6 Å². The van der Waals surface area contributed by atoms with Crippen LogP contribution in [0.15, 0.2) is 11.4 Å². The topological polar surface area (TPSA) is 55.0 Å². The Morgan fingerprint density at radius 1 is 1.33 bits per heavy atom. The number of fused-ring (bicyclic) bond motifs is 1. The van der Waals surface area contributed by atoms with Crippen molar-refractivity contribution in [3.63, 3.8) is 0 Å². The summed E-state index contributed by atoms with van der Waals surface area (Å²) in [5.41, 5.74) is 6.54. The molecule has 1 fully saturated rings. The van der Waals surface area contributed by atoms with Gasteiger partial charge in [0.2, 0.25) is 0 Å². The number of nitrogens with zero attached hydrogens (tertiary/aromatic N) is 3. The van der Waals surface area contributed by atoms with Crippen LogP contribution in [0.25, 0.3) is 10.2 Å². The molecule has 0 spiro atoms. The maximum absolute atomic E-state index is 6.03. The van der Waals surface area contributed by atoms with Gasteiger partial charge in [-0.2, -0.15) is 0 Å². The normalized spacial score (nSPS) is 19.4. The minimum atomic E-state index is 0.508. The van der Waals surface area contributed by atoms with E-state index in [9.17, 15) is 0 Å². The lowest BCUT2D eigenvalue weighted by molar-refractivity contribution is 0.121. The molecule has 5 heteroatoms. The van der Waals surface area contributed by atoms with Crippen molar-refractivity contribution in [3.05, 3.63) is 17.3 Å². The minimum absolute atomic E-state index is 0.508. The van der Waals surface area contributed by atoms with Gasteiger partial charge in [-0.15, -0.1) is 11.3 Å². The van der Waals surface area contributed by atoms with Crippen LogP contribution in [-0.2, 0) is 6.54 Å². The molecule has 0 bridgehead atoms. The SMILES string of the molecule is CN(Cc1nc(N)c2ccsc2n1)C1CCC(C)(C)CC1. The number of aromatic nitrogens is 2. The van der Waals surface area contributed by atoms with E-state index in [0.29, 0.717) is 17.3 Å². The highest BCUT2D eigenvalue weighted by molar-refractivity contribution is 7.16. The van der Waals surface area contributed by atoms with E-state index in [2.05, 4.69) is 35.8 Å². The summed E-state index contributed by atoms with van der Waals surface area (Å²) in [7, 11) is 2.18. The zero-order valence-corrected chi connectivity index (χ0v) is 13.9. The highest BCUT2D eigenvalue weighted by Crippen LogP contribution is 2.36. The van der Waals surface area contributed by atoms with E-state index >= 15 is 0 Å². The molecule has 21 heavy (non-hydrogen) atoms. The zero-order chi connectivity index (χ0) is 15.0. The second-order valence-electron chi connectivity index (χ2n) is 6.98. The Balaban J connectivity index is 1.70. The highest BCUT2D eigenvalue weighted by Gasteiger charge is 2.29. The fourth-order valence-electron chi connectivity index (χ4n) is 3.17. The van der Waals surface area contributed by atoms with E-state index in [-0.39, 0.29) is 0 Å². The maximum Gasteiger partial charge on any atom is 0.146 e. The number of rotatable bonds is 3. The maximum atomic E-state index is 6.03. The van der Waals surface area contributed by atoms with E-state index in [1.54, 1.807) is 11.3 Å². The molecular formula is C16H24N4S. The summed E-state index contributed by atoms with van der Waals surface area (Å²) in [6.45, 7) is 5.53. The van der Waals surface area contributed by atoms with Crippen LogP contribution in [0.1, 0.15) is 45.4 Å². The first-order chi connectivity index (χ1) is 9.94. The fraction of sp³-hybridized carbons (Fsp3) is 0.625. The molecular weight excluding hydrogens is 280 g/mol. The van der Waals surface area contributed by atoms with Crippen LogP contribution in [0, 0.1) is 5.41 Å². The number of anilines is 1. The van der Waals surface area contributed by atoms with Gasteiger partial charge in [-0.25, -0.2) is 9.97 Å². The lowest BCUT2D eigenvalue weighted by Crippen LogP contribution is -2.37. The van der Waals surface area contributed by atoms with Gasteiger partial charge in [0, 0.05) is 6.04 Å². The second kappa shape index (κ2) is 5.54. The molecule has 0 aromatic carbocycles. The minimum Gasteiger partial charge on any atom is -0.383 e. The summed E-state index contributed by atoms with van der Waals surface area (Å²) in [6, 6.07) is 2.63. The van der Waals surface area contributed by atoms with Crippen LogP contribution >= 0.6 is 11.3 Å². The Labute approximate surface area is 130 Å². The number of hydrogen-bond donors (Lipinski definition) is 1.